The fraction of sp³-hybridized carbons (Fsp3) is 0.375. The Bertz CT molecular complexity index is 702. The first-order chi connectivity index (χ1) is 10.5. The monoisotopic (exact) mass is 303 g/mol. The number of fused-ring (bicyclic) bond motifs is 1. The molecule has 6 heteroatoms. The molecule has 0 spiro atoms. The lowest BCUT2D eigenvalue weighted by Gasteiger charge is -2.21. The predicted molar refractivity (Wildman–Crippen MR) is 86.3 cm³/mol. The van der Waals surface area contributed by atoms with E-state index < -0.39 is 5.97 Å². The SMILES string of the molecule is CCN(CC)c1ccc2[nH]c(C(=O)O)c(CNC(C)=O)c2c1. The van der Waals surface area contributed by atoms with Gasteiger partial charge in [0.2, 0.25) is 5.91 Å². The lowest BCUT2D eigenvalue weighted by Crippen LogP contribution is -2.22. The van der Waals surface area contributed by atoms with Crippen LogP contribution in [0.3, 0.4) is 0 Å². The smallest absolute Gasteiger partial charge is 0.352 e. The summed E-state index contributed by atoms with van der Waals surface area (Å²) in [5, 5.41) is 12.9. The van der Waals surface area contributed by atoms with Crippen LogP contribution in [0, 0.1) is 0 Å². The van der Waals surface area contributed by atoms with Gasteiger partial charge in [0.1, 0.15) is 5.69 Å². The van der Waals surface area contributed by atoms with Crippen LogP contribution in [0.1, 0.15) is 36.8 Å². The molecule has 0 unspecified atom stereocenters. The topological polar surface area (TPSA) is 85.4 Å². The Balaban J connectivity index is 2.55. The van der Waals surface area contributed by atoms with Crippen LogP contribution in [-0.4, -0.2) is 35.1 Å². The van der Waals surface area contributed by atoms with Gasteiger partial charge in [-0.2, -0.15) is 0 Å². The van der Waals surface area contributed by atoms with Crippen molar-refractivity contribution >= 4 is 28.5 Å². The lowest BCUT2D eigenvalue weighted by atomic mass is 10.1. The number of carbonyl (C=O) groups is 2. The highest BCUT2D eigenvalue weighted by Gasteiger charge is 2.18. The van der Waals surface area contributed by atoms with Crippen LogP contribution in [0.15, 0.2) is 18.2 Å². The van der Waals surface area contributed by atoms with Gasteiger partial charge in [-0.25, -0.2) is 4.79 Å². The third kappa shape index (κ3) is 3.05. The molecule has 1 amide bonds. The molecule has 1 aromatic heterocycles. The van der Waals surface area contributed by atoms with Gasteiger partial charge < -0.3 is 20.3 Å². The number of benzene rings is 1. The molecule has 1 aromatic carbocycles. The molecule has 0 aliphatic heterocycles. The molecule has 0 aliphatic rings. The van der Waals surface area contributed by atoms with Crippen molar-refractivity contribution in [3.63, 3.8) is 0 Å². The molecule has 1 heterocycles. The number of carboxylic acid groups (broad SMARTS) is 1. The molecule has 3 N–H and O–H groups in total. The number of aromatic nitrogens is 1. The van der Waals surface area contributed by atoms with Gasteiger partial charge in [0.25, 0.3) is 0 Å². The van der Waals surface area contributed by atoms with Gasteiger partial charge in [-0.3, -0.25) is 4.79 Å². The Morgan fingerprint density at radius 2 is 1.95 bits per heavy atom. The van der Waals surface area contributed by atoms with Crippen molar-refractivity contribution in [2.45, 2.75) is 27.3 Å². The average Bonchev–Trinajstić information content (AvgIpc) is 2.84. The van der Waals surface area contributed by atoms with Crippen LogP contribution in [0.2, 0.25) is 0 Å². The fourth-order valence-electron chi connectivity index (χ4n) is 2.60. The number of hydrogen-bond acceptors (Lipinski definition) is 3. The molecule has 2 aromatic rings. The van der Waals surface area contributed by atoms with Crippen molar-refractivity contribution in [1.29, 1.82) is 0 Å². The molecule has 0 radical (unpaired) electrons. The summed E-state index contributed by atoms with van der Waals surface area (Å²) in [7, 11) is 0. The van der Waals surface area contributed by atoms with E-state index in [1.165, 1.54) is 6.92 Å². The van der Waals surface area contributed by atoms with E-state index in [0.29, 0.717) is 5.56 Å². The van der Waals surface area contributed by atoms with Crippen LogP contribution in [0.4, 0.5) is 5.69 Å². The van der Waals surface area contributed by atoms with E-state index >= 15 is 0 Å². The molecular weight excluding hydrogens is 282 g/mol. The highest BCUT2D eigenvalue weighted by atomic mass is 16.4. The van der Waals surface area contributed by atoms with Crippen molar-refractivity contribution < 1.29 is 14.7 Å². The number of carbonyl (C=O) groups excluding carboxylic acids is 1. The number of nitrogens with zero attached hydrogens (tertiary/aromatic N) is 1. The summed E-state index contributed by atoms with van der Waals surface area (Å²) in [4.78, 5) is 27.7. The van der Waals surface area contributed by atoms with Crippen LogP contribution in [0.25, 0.3) is 10.9 Å². The molecule has 0 fully saturated rings. The largest absolute Gasteiger partial charge is 0.477 e. The van der Waals surface area contributed by atoms with Gasteiger partial charge >= 0.3 is 5.97 Å². The minimum Gasteiger partial charge on any atom is -0.477 e. The maximum Gasteiger partial charge on any atom is 0.352 e. The zero-order valence-electron chi connectivity index (χ0n) is 13.1. The van der Waals surface area contributed by atoms with Crippen LogP contribution < -0.4 is 10.2 Å². The van der Waals surface area contributed by atoms with Crippen molar-refractivity contribution in [1.82, 2.24) is 10.3 Å². The van der Waals surface area contributed by atoms with Crippen molar-refractivity contribution in [3.8, 4) is 0 Å². The number of carboxylic acids is 1. The number of hydrogen-bond donors (Lipinski definition) is 3. The number of anilines is 1. The molecule has 0 saturated heterocycles. The van der Waals surface area contributed by atoms with E-state index in [9.17, 15) is 14.7 Å². The standard InChI is InChI=1S/C16H21N3O3/c1-4-19(5-2)11-6-7-14-12(8-11)13(9-17-10(3)20)15(18-14)16(21)22/h6-8,18H,4-5,9H2,1-3H3,(H,17,20)(H,21,22). The minimum absolute atomic E-state index is 0.125. The van der Waals surface area contributed by atoms with Gasteiger partial charge in [0, 0.05) is 48.7 Å². The second-order valence-electron chi connectivity index (χ2n) is 5.10. The Morgan fingerprint density at radius 1 is 1.27 bits per heavy atom. The minimum atomic E-state index is -1.03. The quantitative estimate of drug-likeness (QED) is 0.764. The number of aromatic carboxylic acids is 1. The van der Waals surface area contributed by atoms with E-state index in [2.05, 4.69) is 29.0 Å². The first-order valence-electron chi connectivity index (χ1n) is 7.35. The Labute approximate surface area is 129 Å². The van der Waals surface area contributed by atoms with Gasteiger partial charge in [-0.15, -0.1) is 0 Å². The Morgan fingerprint density at radius 3 is 2.50 bits per heavy atom. The molecule has 0 aliphatic carbocycles. The third-order valence-corrected chi connectivity index (χ3v) is 3.75. The molecule has 118 valence electrons. The van der Waals surface area contributed by atoms with Gasteiger partial charge in [0.15, 0.2) is 0 Å². The molecule has 0 atom stereocenters. The third-order valence-electron chi connectivity index (χ3n) is 3.75. The predicted octanol–water partition coefficient (Wildman–Crippen LogP) is 2.35. The summed E-state index contributed by atoms with van der Waals surface area (Å²) in [6.07, 6.45) is 0. The van der Waals surface area contributed by atoms with Crippen LogP contribution >= 0.6 is 0 Å². The maximum absolute atomic E-state index is 11.4. The van der Waals surface area contributed by atoms with E-state index in [0.717, 1.165) is 29.7 Å². The summed E-state index contributed by atoms with van der Waals surface area (Å²) in [6, 6.07) is 5.83. The summed E-state index contributed by atoms with van der Waals surface area (Å²) >= 11 is 0. The molecule has 22 heavy (non-hydrogen) atoms. The van der Waals surface area contributed by atoms with Gasteiger partial charge in [-0.05, 0) is 32.0 Å². The van der Waals surface area contributed by atoms with E-state index in [1.807, 2.05) is 18.2 Å². The van der Waals surface area contributed by atoms with Crippen molar-refractivity contribution in [3.05, 3.63) is 29.5 Å². The first-order valence-corrected chi connectivity index (χ1v) is 7.35. The van der Waals surface area contributed by atoms with Crippen molar-refractivity contribution in [2.24, 2.45) is 0 Å². The fourth-order valence-corrected chi connectivity index (χ4v) is 2.60. The second kappa shape index (κ2) is 6.51. The number of H-pyrrole nitrogens is 1. The summed E-state index contributed by atoms with van der Waals surface area (Å²) in [6.45, 7) is 7.51. The molecule has 0 saturated carbocycles. The zero-order chi connectivity index (χ0) is 16.3. The van der Waals surface area contributed by atoms with E-state index in [1.54, 1.807) is 0 Å². The highest BCUT2D eigenvalue weighted by Crippen LogP contribution is 2.27. The summed E-state index contributed by atoms with van der Waals surface area (Å²) in [5.74, 6) is -1.22. The number of amides is 1. The van der Waals surface area contributed by atoms with Gasteiger partial charge in [0.05, 0.1) is 0 Å². The Hall–Kier alpha value is -2.50. The maximum atomic E-state index is 11.4. The summed E-state index contributed by atoms with van der Waals surface area (Å²) in [5.41, 5.74) is 2.53. The summed E-state index contributed by atoms with van der Waals surface area (Å²) < 4.78 is 0. The average molecular weight is 303 g/mol. The lowest BCUT2D eigenvalue weighted by molar-refractivity contribution is -0.119. The molecular formula is C16H21N3O3. The molecule has 6 nitrogen and oxygen atoms in total. The highest BCUT2D eigenvalue weighted by molar-refractivity contribution is 5.98. The van der Waals surface area contributed by atoms with Crippen LogP contribution in [-0.2, 0) is 11.3 Å². The number of nitrogens with one attached hydrogen (secondary N) is 2. The van der Waals surface area contributed by atoms with Crippen LogP contribution in [0.5, 0.6) is 0 Å². The number of aromatic amines is 1. The van der Waals surface area contributed by atoms with E-state index in [4.69, 9.17) is 0 Å². The Kier molecular flexibility index (Phi) is 4.70. The number of rotatable bonds is 6. The van der Waals surface area contributed by atoms with E-state index in [-0.39, 0.29) is 18.1 Å². The first kappa shape index (κ1) is 15.9. The molecule has 0 bridgehead atoms. The zero-order valence-corrected chi connectivity index (χ0v) is 13.1. The molecule has 2 rings (SSSR count). The normalized spacial score (nSPS) is 10.7. The van der Waals surface area contributed by atoms with Crippen molar-refractivity contribution in [2.75, 3.05) is 18.0 Å². The second-order valence-corrected chi connectivity index (χ2v) is 5.10. The van der Waals surface area contributed by atoms with Gasteiger partial charge in [-0.1, -0.05) is 0 Å².